The Kier molecular flexibility index (Phi) is 7.10. The van der Waals surface area contributed by atoms with Crippen LogP contribution in [0.1, 0.15) is 48.5 Å². The van der Waals surface area contributed by atoms with Gasteiger partial charge in [0.15, 0.2) is 5.96 Å². The number of hydrogen-bond acceptors (Lipinski definition) is 6. The van der Waals surface area contributed by atoms with Crippen molar-refractivity contribution in [1.29, 1.82) is 0 Å². The van der Waals surface area contributed by atoms with Gasteiger partial charge in [0.25, 0.3) is 5.91 Å². The smallest absolute Gasteiger partial charge is 0.258 e. The van der Waals surface area contributed by atoms with Crippen molar-refractivity contribution in [1.82, 2.24) is 9.97 Å². The molecule has 0 spiro atoms. The molecule has 1 saturated carbocycles. The maximum Gasteiger partial charge on any atom is 0.258 e. The predicted molar refractivity (Wildman–Crippen MR) is 135 cm³/mol. The first kappa shape index (κ1) is 23.3. The number of aliphatic imine (C=N–C) groups is 1. The minimum atomic E-state index is -0.295. The summed E-state index contributed by atoms with van der Waals surface area (Å²) in [6.45, 7) is 4.50. The minimum Gasteiger partial charge on any atom is -0.494 e. The van der Waals surface area contributed by atoms with E-state index in [2.05, 4.69) is 25.6 Å². The van der Waals surface area contributed by atoms with Gasteiger partial charge in [-0.05, 0) is 63.1 Å². The molecule has 34 heavy (non-hydrogen) atoms. The highest BCUT2D eigenvalue weighted by atomic mass is 16.5. The van der Waals surface area contributed by atoms with Gasteiger partial charge >= 0.3 is 0 Å². The third-order valence-electron chi connectivity index (χ3n) is 5.87. The van der Waals surface area contributed by atoms with Gasteiger partial charge in [0.05, 0.1) is 24.2 Å². The van der Waals surface area contributed by atoms with Crippen LogP contribution < -0.4 is 26.8 Å². The van der Waals surface area contributed by atoms with Crippen molar-refractivity contribution in [3.63, 3.8) is 0 Å². The van der Waals surface area contributed by atoms with Gasteiger partial charge in [-0.1, -0.05) is 24.5 Å². The third kappa shape index (κ3) is 5.54. The molecule has 1 heterocycles. The quantitative estimate of drug-likeness (QED) is 0.311. The van der Waals surface area contributed by atoms with Crippen LogP contribution in [0.2, 0.25) is 0 Å². The molecule has 178 valence electrons. The lowest BCUT2D eigenvalue weighted by molar-refractivity contribution is 0.102. The first-order valence-corrected chi connectivity index (χ1v) is 11.6. The number of aromatic nitrogens is 2. The number of guanidine groups is 1. The number of nitrogens with one attached hydrogen (secondary N) is 2. The summed E-state index contributed by atoms with van der Waals surface area (Å²) in [6, 6.07) is 12.9. The van der Waals surface area contributed by atoms with Crippen molar-refractivity contribution >= 4 is 34.5 Å². The van der Waals surface area contributed by atoms with Gasteiger partial charge < -0.3 is 21.5 Å². The lowest BCUT2D eigenvalue weighted by Gasteiger charge is -2.30. The molecule has 1 aliphatic rings. The molecule has 0 aliphatic heterocycles. The fourth-order valence-electron chi connectivity index (χ4n) is 4.25. The lowest BCUT2D eigenvalue weighted by atomic mass is 9.90. The van der Waals surface area contributed by atoms with Crippen LogP contribution in [-0.4, -0.2) is 40.5 Å². The predicted octanol–water partition coefficient (Wildman–Crippen LogP) is 3.59. The molecule has 1 aromatic heterocycles. The molecule has 3 aromatic rings. The van der Waals surface area contributed by atoms with E-state index in [0.29, 0.717) is 23.7 Å². The van der Waals surface area contributed by atoms with E-state index in [4.69, 9.17) is 16.2 Å². The number of aryl methyl sites for hydroxylation is 1. The van der Waals surface area contributed by atoms with E-state index in [1.54, 1.807) is 24.3 Å². The zero-order valence-corrected chi connectivity index (χ0v) is 19.5. The van der Waals surface area contributed by atoms with Crippen molar-refractivity contribution in [3.05, 3.63) is 53.6 Å². The molecule has 1 fully saturated rings. The van der Waals surface area contributed by atoms with Crippen molar-refractivity contribution in [2.45, 2.75) is 51.6 Å². The van der Waals surface area contributed by atoms with Crippen molar-refractivity contribution in [2.24, 2.45) is 16.5 Å². The molecule has 2 aromatic carbocycles. The topological polar surface area (TPSA) is 141 Å². The van der Waals surface area contributed by atoms with Crippen LogP contribution in [0.5, 0.6) is 5.75 Å². The molecular formula is C25H31N7O2. The number of anilines is 2. The number of ether oxygens (including phenoxy) is 1. The number of fused-ring (bicyclic) bond motifs is 1. The largest absolute Gasteiger partial charge is 0.494 e. The summed E-state index contributed by atoms with van der Waals surface area (Å²) < 4.78 is 5.45. The van der Waals surface area contributed by atoms with E-state index < -0.39 is 0 Å². The maximum atomic E-state index is 12.9. The SMILES string of the molecule is CCOc1ccc(C(=O)Nc2nc(N[C@H]3CCCC[C@H]3N=C(N)N)c3cc(C)ccc3n2)cc1. The van der Waals surface area contributed by atoms with Crippen molar-refractivity contribution < 1.29 is 9.53 Å². The van der Waals surface area contributed by atoms with Crippen LogP contribution in [0.4, 0.5) is 11.8 Å². The number of rotatable bonds is 7. The van der Waals surface area contributed by atoms with Gasteiger partial charge in [0.2, 0.25) is 5.95 Å². The van der Waals surface area contributed by atoms with Crippen LogP contribution in [0, 0.1) is 6.92 Å². The summed E-state index contributed by atoms with van der Waals surface area (Å²) in [5.74, 6) is 1.39. The van der Waals surface area contributed by atoms with E-state index in [-0.39, 0.29) is 29.9 Å². The molecule has 1 amide bonds. The Hall–Kier alpha value is -3.88. The fourth-order valence-corrected chi connectivity index (χ4v) is 4.25. The Bertz CT molecular complexity index is 1190. The molecule has 2 atom stereocenters. The summed E-state index contributed by atoms with van der Waals surface area (Å²) >= 11 is 0. The zero-order chi connectivity index (χ0) is 24.1. The van der Waals surface area contributed by atoms with E-state index in [1.807, 2.05) is 32.0 Å². The van der Waals surface area contributed by atoms with E-state index in [9.17, 15) is 4.79 Å². The van der Waals surface area contributed by atoms with Gasteiger partial charge in [-0.15, -0.1) is 0 Å². The highest BCUT2D eigenvalue weighted by molar-refractivity contribution is 6.04. The zero-order valence-electron chi connectivity index (χ0n) is 19.5. The van der Waals surface area contributed by atoms with Gasteiger partial charge in [-0.25, -0.2) is 9.98 Å². The molecule has 4 rings (SSSR count). The monoisotopic (exact) mass is 461 g/mol. The molecule has 9 nitrogen and oxygen atoms in total. The number of carbonyl (C=O) groups is 1. The molecule has 0 saturated heterocycles. The van der Waals surface area contributed by atoms with Crippen LogP contribution >= 0.6 is 0 Å². The summed E-state index contributed by atoms with van der Waals surface area (Å²) in [7, 11) is 0. The summed E-state index contributed by atoms with van der Waals surface area (Å²) in [6.07, 6.45) is 3.98. The number of nitrogens with zero attached hydrogens (tertiary/aromatic N) is 3. The summed E-state index contributed by atoms with van der Waals surface area (Å²) in [5.41, 5.74) is 13.7. The molecular weight excluding hydrogens is 430 g/mol. The average Bonchev–Trinajstić information content (AvgIpc) is 2.81. The molecule has 9 heteroatoms. The van der Waals surface area contributed by atoms with Crippen molar-refractivity contribution in [3.8, 4) is 5.75 Å². The molecule has 6 N–H and O–H groups in total. The van der Waals surface area contributed by atoms with Gasteiger partial charge in [0.1, 0.15) is 11.6 Å². The van der Waals surface area contributed by atoms with Crippen LogP contribution in [0.25, 0.3) is 10.9 Å². The first-order valence-electron chi connectivity index (χ1n) is 11.6. The van der Waals surface area contributed by atoms with Gasteiger partial charge in [-0.3, -0.25) is 10.1 Å². The van der Waals surface area contributed by atoms with Crippen LogP contribution in [0.3, 0.4) is 0 Å². The number of amides is 1. The summed E-state index contributed by atoms with van der Waals surface area (Å²) in [5, 5.41) is 7.25. The molecule has 0 bridgehead atoms. The highest BCUT2D eigenvalue weighted by Crippen LogP contribution is 2.29. The van der Waals surface area contributed by atoms with Crippen LogP contribution in [0.15, 0.2) is 47.5 Å². The van der Waals surface area contributed by atoms with Crippen LogP contribution in [-0.2, 0) is 0 Å². The molecule has 0 radical (unpaired) electrons. The normalized spacial score (nSPS) is 17.7. The second kappa shape index (κ2) is 10.4. The number of nitrogens with two attached hydrogens (primary N) is 2. The Morgan fingerprint density at radius 2 is 1.88 bits per heavy atom. The second-order valence-corrected chi connectivity index (χ2v) is 8.48. The highest BCUT2D eigenvalue weighted by Gasteiger charge is 2.26. The first-order chi connectivity index (χ1) is 16.4. The standard InChI is InChI=1S/C25H31N7O2/c1-3-34-17-11-9-16(10-12-17)23(33)32-25-30-19-13-8-15(2)14-18(19)22(31-25)28-20-6-4-5-7-21(20)29-24(26)27/h8-14,20-21H,3-7H2,1-2H3,(H4,26,27,29)(H2,28,30,31,32,33)/t20-,21+/m0/s1. The Morgan fingerprint density at radius 3 is 2.62 bits per heavy atom. The Morgan fingerprint density at radius 1 is 1.12 bits per heavy atom. The Labute approximate surface area is 199 Å². The van der Waals surface area contributed by atoms with Gasteiger partial charge in [0, 0.05) is 10.9 Å². The number of hydrogen-bond donors (Lipinski definition) is 4. The number of carbonyl (C=O) groups excluding carboxylic acids is 1. The van der Waals surface area contributed by atoms with Crippen molar-refractivity contribution in [2.75, 3.05) is 17.2 Å². The van der Waals surface area contributed by atoms with E-state index in [1.165, 1.54) is 0 Å². The number of benzene rings is 2. The van der Waals surface area contributed by atoms with E-state index >= 15 is 0 Å². The average molecular weight is 462 g/mol. The van der Waals surface area contributed by atoms with E-state index in [0.717, 1.165) is 42.1 Å². The third-order valence-corrected chi connectivity index (χ3v) is 5.87. The molecule has 0 unspecified atom stereocenters. The lowest BCUT2D eigenvalue weighted by Crippen LogP contribution is -2.38. The Balaban J connectivity index is 1.63. The molecule has 1 aliphatic carbocycles. The van der Waals surface area contributed by atoms with Gasteiger partial charge in [-0.2, -0.15) is 4.98 Å². The summed E-state index contributed by atoms with van der Waals surface area (Å²) in [4.78, 5) is 26.5. The fraction of sp³-hybridized carbons (Fsp3) is 0.360. The minimum absolute atomic E-state index is 0.0316. The second-order valence-electron chi connectivity index (χ2n) is 8.48. The maximum absolute atomic E-state index is 12.9.